The molecule has 1 atom stereocenters. The molecule has 1 amide bonds. The van der Waals surface area contributed by atoms with Crippen molar-refractivity contribution in [1.29, 1.82) is 0 Å². The van der Waals surface area contributed by atoms with Gasteiger partial charge in [0, 0.05) is 11.7 Å². The van der Waals surface area contributed by atoms with Crippen molar-refractivity contribution in [3.63, 3.8) is 0 Å². The van der Waals surface area contributed by atoms with Gasteiger partial charge >= 0.3 is 5.97 Å². The minimum absolute atomic E-state index is 0.0564. The van der Waals surface area contributed by atoms with Crippen molar-refractivity contribution in [2.45, 2.75) is 79.5 Å². The number of thioether (sulfide) groups is 1. The SMILES string of the molecule is CC1=C(C(=O)OC(C)(C)C)C(c2cc(C)ccc2C)N2C(CC(=O)NC(C)C)=CSC2=N1. The van der Waals surface area contributed by atoms with Crippen molar-refractivity contribution in [3.05, 3.63) is 57.3 Å². The fourth-order valence-corrected chi connectivity index (χ4v) is 4.81. The average Bonchev–Trinajstić information content (AvgIpc) is 3.02. The molecule has 1 aromatic carbocycles. The molecule has 1 aromatic rings. The van der Waals surface area contributed by atoms with Crippen LogP contribution in [0.2, 0.25) is 0 Å². The smallest absolute Gasteiger partial charge is 0.338 e. The third-order valence-electron chi connectivity index (χ3n) is 5.14. The Morgan fingerprint density at radius 2 is 1.91 bits per heavy atom. The fourth-order valence-electron chi connectivity index (χ4n) is 3.85. The van der Waals surface area contributed by atoms with Gasteiger partial charge in [0.2, 0.25) is 5.91 Å². The Labute approximate surface area is 195 Å². The van der Waals surface area contributed by atoms with Gasteiger partial charge in [0.05, 0.1) is 23.7 Å². The molecule has 0 saturated heterocycles. The number of nitrogens with one attached hydrogen (secondary N) is 1. The molecule has 0 aromatic heterocycles. The zero-order valence-corrected chi connectivity index (χ0v) is 21.0. The van der Waals surface area contributed by atoms with Gasteiger partial charge in [-0.15, -0.1) is 0 Å². The number of fused-ring (bicyclic) bond motifs is 1. The number of benzene rings is 1. The van der Waals surface area contributed by atoms with Gasteiger partial charge in [-0.25, -0.2) is 9.79 Å². The van der Waals surface area contributed by atoms with Crippen molar-refractivity contribution in [3.8, 4) is 0 Å². The van der Waals surface area contributed by atoms with E-state index in [-0.39, 0.29) is 24.3 Å². The van der Waals surface area contributed by atoms with Crippen molar-refractivity contribution in [2.24, 2.45) is 4.99 Å². The van der Waals surface area contributed by atoms with Gasteiger partial charge in [-0.1, -0.05) is 35.5 Å². The number of amidine groups is 1. The fraction of sp³-hybridized carbons (Fsp3) is 0.480. The molecular weight excluding hydrogens is 422 g/mol. The van der Waals surface area contributed by atoms with Gasteiger partial charge in [-0.05, 0) is 71.9 Å². The lowest BCUT2D eigenvalue weighted by atomic mass is 9.89. The lowest BCUT2D eigenvalue weighted by molar-refractivity contribution is -0.150. The van der Waals surface area contributed by atoms with Crippen LogP contribution in [0, 0.1) is 13.8 Å². The summed E-state index contributed by atoms with van der Waals surface area (Å²) in [6.07, 6.45) is 0.214. The number of esters is 1. The molecule has 6 nitrogen and oxygen atoms in total. The van der Waals surface area contributed by atoms with Crippen molar-refractivity contribution >= 4 is 28.8 Å². The first kappa shape index (κ1) is 24.1. The Morgan fingerprint density at radius 1 is 1.22 bits per heavy atom. The molecule has 0 bridgehead atoms. The van der Waals surface area contributed by atoms with Crippen LogP contribution in [0.25, 0.3) is 0 Å². The topological polar surface area (TPSA) is 71.0 Å². The number of carbonyl (C=O) groups is 2. The maximum absolute atomic E-state index is 13.4. The summed E-state index contributed by atoms with van der Waals surface area (Å²) in [7, 11) is 0. The van der Waals surface area contributed by atoms with E-state index >= 15 is 0 Å². The molecule has 2 aliphatic rings. The number of allylic oxidation sites excluding steroid dienone is 1. The molecule has 0 radical (unpaired) electrons. The van der Waals surface area contributed by atoms with Crippen LogP contribution in [0.15, 0.2) is 45.6 Å². The van der Waals surface area contributed by atoms with Crippen LogP contribution in [0.5, 0.6) is 0 Å². The molecule has 32 heavy (non-hydrogen) atoms. The van der Waals surface area contributed by atoms with Gasteiger partial charge in [0.1, 0.15) is 5.60 Å². The minimum atomic E-state index is -0.629. The largest absolute Gasteiger partial charge is 0.456 e. The van der Waals surface area contributed by atoms with Gasteiger partial charge in [-0.2, -0.15) is 0 Å². The predicted molar refractivity (Wildman–Crippen MR) is 130 cm³/mol. The van der Waals surface area contributed by atoms with Crippen LogP contribution >= 0.6 is 11.8 Å². The third-order valence-corrected chi connectivity index (χ3v) is 6.03. The highest BCUT2D eigenvalue weighted by Crippen LogP contribution is 2.46. The van der Waals surface area contributed by atoms with Crippen molar-refractivity contribution in [1.82, 2.24) is 10.2 Å². The number of carbonyl (C=O) groups excluding carboxylic acids is 2. The Morgan fingerprint density at radius 3 is 2.53 bits per heavy atom. The van der Waals surface area contributed by atoms with Crippen molar-refractivity contribution < 1.29 is 14.3 Å². The van der Waals surface area contributed by atoms with E-state index < -0.39 is 11.6 Å². The molecule has 1 N–H and O–H groups in total. The molecule has 0 saturated carbocycles. The zero-order valence-electron chi connectivity index (χ0n) is 20.2. The summed E-state index contributed by atoms with van der Waals surface area (Å²) in [6, 6.07) is 5.88. The molecule has 2 heterocycles. The number of amides is 1. The van der Waals surface area contributed by atoms with Crippen LogP contribution in [-0.4, -0.2) is 33.6 Å². The second kappa shape index (κ2) is 9.14. The highest BCUT2D eigenvalue weighted by atomic mass is 32.2. The number of aliphatic imine (C=N–C) groups is 1. The van der Waals surface area contributed by atoms with E-state index in [1.165, 1.54) is 11.8 Å². The highest BCUT2D eigenvalue weighted by molar-refractivity contribution is 8.16. The number of rotatable bonds is 5. The van der Waals surface area contributed by atoms with E-state index in [1.54, 1.807) is 0 Å². The summed E-state index contributed by atoms with van der Waals surface area (Å²) >= 11 is 1.48. The van der Waals surface area contributed by atoms with E-state index in [0.29, 0.717) is 11.3 Å². The van der Waals surface area contributed by atoms with E-state index in [4.69, 9.17) is 9.73 Å². The van der Waals surface area contributed by atoms with E-state index in [0.717, 1.165) is 27.6 Å². The zero-order chi connectivity index (χ0) is 23.8. The van der Waals surface area contributed by atoms with Crippen LogP contribution in [0.3, 0.4) is 0 Å². The molecule has 0 spiro atoms. The number of hydrogen-bond donors (Lipinski definition) is 1. The summed E-state index contributed by atoms with van der Waals surface area (Å²) in [4.78, 5) is 32.7. The number of hydrogen-bond acceptors (Lipinski definition) is 6. The first-order valence-electron chi connectivity index (χ1n) is 10.9. The number of ether oxygens (including phenoxy) is 1. The van der Waals surface area contributed by atoms with Gasteiger partial charge in [-0.3, -0.25) is 4.79 Å². The molecule has 0 fully saturated rings. The molecule has 3 rings (SSSR count). The van der Waals surface area contributed by atoms with E-state index in [9.17, 15) is 9.59 Å². The third kappa shape index (κ3) is 5.26. The Bertz CT molecular complexity index is 1030. The Balaban J connectivity index is 2.10. The average molecular weight is 456 g/mol. The maximum atomic E-state index is 13.4. The molecular formula is C25H33N3O3S. The van der Waals surface area contributed by atoms with Gasteiger partial charge in [0.15, 0.2) is 5.17 Å². The van der Waals surface area contributed by atoms with Gasteiger partial charge < -0.3 is 15.0 Å². The van der Waals surface area contributed by atoms with Crippen LogP contribution in [0.4, 0.5) is 0 Å². The monoisotopic (exact) mass is 455 g/mol. The minimum Gasteiger partial charge on any atom is -0.456 e. The second-order valence-electron chi connectivity index (χ2n) is 9.65. The van der Waals surface area contributed by atoms with E-state index in [1.807, 2.05) is 65.7 Å². The quantitative estimate of drug-likeness (QED) is 0.623. The maximum Gasteiger partial charge on any atom is 0.338 e. The summed E-state index contributed by atoms with van der Waals surface area (Å²) in [5.41, 5.74) is 4.53. The first-order chi connectivity index (χ1) is 14.9. The van der Waals surface area contributed by atoms with Crippen LogP contribution < -0.4 is 5.32 Å². The highest BCUT2D eigenvalue weighted by Gasteiger charge is 2.42. The Hall–Kier alpha value is -2.54. The van der Waals surface area contributed by atoms with Gasteiger partial charge in [0.25, 0.3) is 0 Å². The summed E-state index contributed by atoms with van der Waals surface area (Å²) in [5.74, 6) is -0.440. The summed E-state index contributed by atoms with van der Waals surface area (Å²) < 4.78 is 5.79. The lowest BCUT2D eigenvalue weighted by Crippen LogP contribution is -2.40. The van der Waals surface area contributed by atoms with Crippen molar-refractivity contribution in [2.75, 3.05) is 0 Å². The molecule has 172 valence electrons. The lowest BCUT2D eigenvalue weighted by Gasteiger charge is -2.37. The Kier molecular flexibility index (Phi) is 6.89. The molecule has 7 heteroatoms. The normalized spacial score (nSPS) is 18.4. The first-order valence-corrected chi connectivity index (χ1v) is 11.8. The standard InChI is InChI=1S/C25H33N3O3S/c1-14(2)26-20(29)12-18-13-32-24-27-17(5)21(23(30)31-25(6,7)8)22(28(18)24)19-11-15(3)9-10-16(19)4/h9-11,13-14,22H,12H2,1-8H3,(H,26,29). The molecule has 0 aliphatic carbocycles. The van der Waals surface area contributed by atoms with E-state index in [2.05, 4.69) is 23.5 Å². The predicted octanol–water partition coefficient (Wildman–Crippen LogP) is 5.13. The summed E-state index contributed by atoms with van der Waals surface area (Å²) in [6.45, 7) is 15.4. The number of aryl methyl sites for hydroxylation is 2. The number of nitrogens with zero attached hydrogens (tertiary/aromatic N) is 2. The second-order valence-corrected chi connectivity index (χ2v) is 10.5. The van der Waals surface area contributed by atoms with Crippen LogP contribution in [-0.2, 0) is 14.3 Å². The van der Waals surface area contributed by atoms with Crippen LogP contribution in [0.1, 0.15) is 70.7 Å². The molecule has 1 unspecified atom stereocenters. The summed E-state index contributed by atoms with van der Waals surface area (Å²) in [5, 5.41) is 5.69. The molecule has 2 aliphatic heterocycles.